The fourth-order valence-electron chi connectivity index (χ4n) is 1.28. The number of carbonyl (C=O) groups is 1. The molecular formula is C8H7NO7P2. The SMILES string of the molecule is Cc1nc(P(=O)=O)c(COP(=O)=O)c(C=O)c1O. The highest BCUT2D eigenvalue weighted by Gasteiger charge is 2.20. The summed E-state index contributed by atoms with van der Waals surface area (Å²) in [4.78, 5) is 14.4. The predicted octanol–water partition coefficient (Wildman–Crippen LogP) is 1.31. The summed E-state index contributed by atoms with van der Waals surface area (Å²) in [6, 6.07) is 0. The second kappa shape index (κ2) is 5.82. The lowest BCUT2D eigenvalue weighted by molar-refractivity contribution is 0.111. The van der Waals surface area contributed by atoms with Crippen molar-refractivity contribution in [3.63, 3.8) is 0 Å². The zero-order chi connectivity index (χ0) is 13.9. The van der Waals surface area contributed by atoms with Crippen molar-refractivity contribution >= 4 is 27.3 Å². The lowest BCUT2D eigenvalue weighted by Crippen LogP contribution is -2.14. The van der Waals surface area contributed by atoms with E-state index in [0.29, 0.717) is 0 Å². The van der Waals surface area contributed by atoms with E-state index in [1.54, 1.807) is 0 Å². The fourth-order valence-corrected chi connectivity index (χ4v) is 2.15. The van der Waals surface area contributed by atoms with Crippen LogP contribution in [0.15, 0.2) is 0 Å². The van der Waals surface area contributed by atoms with E-state index >= 15 is 0 Å². The zero-order valence-corrected chi connectivity index (χ0v) is 10.8. The number of aromatic hydroxyl groups is 1. The van der Waals surface area contributed by atoms with Crippen molar-refractivity contribution in [1.29, 1.82) is 0 Å². The van der Waals surface area contributed by atoms with Crippen LogP contribution in [0.4, 0.5) is 0 Å². The highest BCUT2D eigenvalue weighted by atomic mass is 31.1. The molecule has 1 aromatic heterocycles. The van der Waals surface area contributed by atoms with Gasteiger partial charge in [0.25, 0.3) is 0 Å². The summed E-state index contributed by atoms with van der Waals surface area (Å²) in [7, 11) is -6.37. The van der Waals surface area contributed by atoms with Gasteiger partial charge in [-0.1, -0.05) is 0 Å². The van der Waals surface area contributed by atoms with E-state index in [1.807, 2.05) is 0 Å². The molecule has 1 rings (SSSR count). The third kappa shape index (κ3) is 2.98. The van der Waals surface area contributed by atoms with E-state index < -0.39 is 33.4 Å². The molecule has 0 atom stereocenters. The van der Waals surface area contributed by atoms with Crippen LogP contribution in [0, 0.1) is 6.92 Å². The molecule has 8 nitrogen and oxygen atoms in total. The third-order valence-corrected chi connectivity index (χ3v) is 3.13. The van der Waals surface area contributed by atoms with Crippen molar-refractivity contribution in [3.8, 4) is 5.75 Å². The standard InChI is InChI=1S/C8H7NO7P2/c1-4-7(11)5(2-10)6(3-16-18(14)15)8(9-4)17(12)13/h2,11H,3H2,1H3. The normalized spacial score (nSPS) is 10.1. The van der Waals surface area contributed by atoms with Crippen LogP contribution in [-0.2, 0) is 29.4 Å². The van der Waals surface area contributed by atoms with Gasteiger partial charge in [-0.2, -0.15) is 0 Å². The first-order chi connectivity index (χ1) is 8.38. The van der Waals surface area contributed by atoms with Gasteiger partial charge in [0.05, 0.1) is 17.9 Å². The average Bonchev–Trinajstić information content (AvgIpc) is 2.29. The molecule has 0 aliphatic heterocycles. The predicted molar refractivity (Wildman–Crippen MR) is 57.0 cm³/mol. The summed E-state index contributed by atoms with van der Waals surface area (Å²) in [5.74, 6) is -0.509. The van der Waals surface area contributed by atoms with E-state index in [2.05, 4.69) is 9.51 Å². The number of aromatic nitrogens is 1. The van der Waals surface area contributed by atoms with Crippen LogP contribution in [0.2, 0.25) is 0 Å². The van der Waals surface area contributed by atoms with Crippen LogP contribution in [0.25, 0.3) is 0 Å². The molecule has 0 saturated carbocycles. The molecular weight excluding hydrogens is 284 g/mol. The number of hydrogen-bond acceptors (Lipinski definition) is 8. The average molecular weight is 291 g/mol. The number of aryl methyl sites for hydroxylation is 1. The van der Waals surface area contributed by atoms with E-state index in [9.17, 15) is 28.2 Å². The molecule has 0 aliphatic rings. The molecule has 0 bridgehead atoms. The largest absolute Gasteiger partial charge is 0.505 e. The quantitative estimate of drug-likeness (QED) is 0.635. The Balaban J connectivity index is 3.51. The van der Waals surface area contributed by atoms with Gasteiger partial charge in [-0.3, -0.25) is 9.32 Å². The fraction of sp³-hybridized carbons (Fsp3) is 0.250. The number of rotatable bonds is 5. The topological polar surface area (TPSA) is 128 Å². The van der Waals surface area contributed by atoms with Crippen LogP contribution in [-0.4, -0.2) is 16.4 Å². The monoisotopic (exact) mass is 291 g/mol. The number of carbonyl (C=O) groups excluding carboxylic acids is 1. The highest BCUT2D eigenvalue weighted by molar-refractivity contribution is 7.40. The highest BCUT2D eigenvalue weighted by Crippen LogP contribution is 2.25. The van der Waals surface area contributed by atoms with E-state index in [0.717, 1.165) is 0 Å². The molecule has 0 aromatic carbocycles. The molecule has 1 N–H and O–H groups in total. The van der Waals surface area contributed by atoms with Gasteiger partial charge in [0.2, 0.25) is 0 Å². The maximum atomic E-state index is 11.0. The molecule has 0 saturated heterocycles. The lowest BCUT2D eigenvalue weighted by Gasteiger charge is -2.08. The van der Waals surface area contributed by atoms with Gasteiger partial charge in [0.1, 0.15) is 5.75 Å². The number of hydrogen-bond donors (Lipinski definition) is 1. The van der Waals surface area contributed by atoms with Crippen molar-refractivity contribution in [2.24, 2.45) is 0 Å². The minimum absolute atomic E-state index is 0.0541. The Morgan fingerprint density at radius 1 is 1.33 bits per heavy atom. The van der Waals surface area contributed by atoms with Gasteiger partial charge in [-0.25, -0.2) is 23.2 Å². The van der Waals surface area contributed by atoms with Crippen LogP contribution >= 0.6 is 15.6 Å². The Kier molecular flexibility index (Phi) is 4.67. The molecule has 10 heteroatoms. The Morgan fingerprint density at radius 2 is 1.94 bits per heavy atom. The number of nitrogens with zero attached hydrogens (tertiary/aromatic N) is 1. The van der Waals surface area contributed by atoms with Gasteiger partial charge < -0.3 is 5.11 Å². The summed E-state index contributed by atoms with van der Waals surface area (Å²) >= 11 is 0. The summed E-state index contributed by atoms with van der Waals surface area (Å²) < 4.78 is 46.8. The van der Waals surface area contributed by atoms with Crippen LogP contribution in [0.3, 0.4) is 0 Å². The summed E-state index contributed by atoms with van der Waals surface area (Å²) in [6.45, 7) is 0.621. The van der Waals surface area contributed by atoms with E-state index in [-0.39, 0.29) is 23.1 Å². The van der Waals surface area contributed by atoms with Crippen LogP contribution in [0.1, 0.15) is 21.6 Å². The second-order valence-electron chi connectivity index (χ2n) is 3.13. The van der Waals surface area contributed by atoms with Crippen molar-refractivity contribution < 1.29 is 32.7 Å². The van der Waals surface area contributed by atoms with Gasteiger partial charge in [-0.05, 0) is 6.92 Å². The van der Waals surface area contributed by atoms with E-state index in [4.69, 9.17) is 0 Å². The molecule has 0 unspecified atom stereocenters. The van der Waals surface area contributed by atoms with Crippen LogP contribution < -0.4 is 5.44 Å². The molecule has 0 spiro atoms. The van der Waals surface area contributed by atoms with Gasteiger partial charge in [-0.15, -0.1) is 0 Å². The second-order valence-corrected chi connectivity index (χ2v) is 4.78. The zero-order valence-electron chi connectivity index (χ0n) is 9.02. The van der Waals surface area contributed by atoms with E-state index in [1.165, 1.54) is 6.92 Å². The first-order valence-corrected chi connectivity index (χ1v) is 6.75. The van der Waals surface area contributed by atoms with Gasteiger partial charge in [0, 0.05) is 5.56 Å². The molecule has 0 fully saturated rings. The molecule has 0 aliphatic carbocycles. The van der Waals surface area contributed by atoms with Crippen molar-refractivity contribution in [2.75, 3.05) is 0 Å². The smallest absolute Gasteiger partial charge is 0.468 e. The van der Waals surface area contributed by atoms with Crippen LogP contribution in [0.5, 0.6) is 5.75 Å². The summed E-state index contributed by atoms with van der Waals surface area (Å²) in [6.07, 6.45) is 0.211. The van der Waals surface area contributed by atoms with Gasteiger partial charge >= 0.3 is 15.6 Å². The van der Waals surface area contributed by atoms with Gasteiger partial charge in [0.15, 0.2) is 11.7 Å². The molecule has 96 valence electrons. The lowest BCUT2D eigenvalue weighted by atomic mass is 10.1. The van der Waals surface area contributed by atoms with Crippen molar-refractivity contribution in [2.45, 2.75) is 13.5 Å². The Labute approximate surface area is 102 Å². The third-order valence-electron chi connectivity index (χ3n) is 2.07. The van der Waals surface area contributed by atoms with Crippen molar-refractivity contribution in [3.05, 3.63) is 16.8 Å². The maximum Gasteiger partial charge on any atom is 0.468 e. The maximum absolute atomic E-state index is 11.0. The summed E-state index contributed by atoms with van der Waals surface area (Å²) in [5, 5.41) is 9.55. The molecule has 0 radical (unpaired) electrons. The summed E-state index contributed by atoms with van der Waals surface area (Å²) in [5.41, 5.74) is -1.20. The molecule has 1 heterocycles. The number of aldehydes is 1. The minimum atomic E-state index is -3.21. The Hall–Kier alpha value is -1.62. The molecule has 0 amide bonds. The first kappa shape index (κ1) is 14.4. The molecule has 1 aromatic rings. The number of pyridine rings is 1. The minimum Gasteiger partial charge on any atom is -0.505 e. The van der Waals surface area contributed by atoms with Crippen molar-refractivity contribution in [1.82, 2.24) is 4.98 Å². The molecule has 18 heavy (non-hydrogen) atoms. The Morgan fingerprint density at radius 3 is 2.39 bits per heavy atom. The first-order valence-electron chi connectivity index (χ1n) is 4.47. The Bertz CT molecular complexity index is 617.